The zero-order valence-corrected chi connectivity index (χ0v) is 62.3. The Morgan fingerprint density at radius 1 is 0.140 bits per heavy atom. The van der Waals surface area contributed by atoms with Crippen molar-refractivity contribution in [2.75, 3.05) is 9.80 Å². The molecular formula is C110H72N2O2. The first-order valence-corrected chi connectivity index (χ1v) is 39.0. The number of anilines is 6. The van der Waals surface area contributed by atoms with Crippen LogP contribution in [0.4, 0.5) is 34.1 Å². The maximum atomic E-state index is 6.91. The molecule has 4 nitrogen and oxygen atoms in total. The fourth-order valence-corrected chi connectivity index (χ4v) is 16.7. The van der Waals surface area contributed by atoms with E-state index in [9.17, 15) is 0 Å². The molecule has 0 atom stereocenters. The molecule has 21 aromatic rings. The van der Waals surface area contributed by atoms with Gasteiger partial charge in [-0.15, -0.1) is 0 Å². The Hall–Kier alpha value is -15.1. The molecule has 0 saturated heterocycles. The van der Waals surface area contributed by atoms with Crippen molar-refractivity contribution in [3.8, 4) is 111 Å². The van der Waals surface area contributed by atoms with Crippen LogP contribution in [0.15, 0.2) is 446 Å². The van der Waals surface area contributed by atoms with Gasteiger partial charge in [-0.2, -0.15) is 0 Å². The lowest BCUT2D eigenvalue weighted by molar-refractivity contribution is 0.669. The molecule has 4 heteroatoms. The van der Waals surface area contributed by atoms with Gasteiger partial charge in [0.25, 0.3) is 0 Å². The van der Waals surface area contributed by atoms with Crippen LogP contribution in [0.3, 0.4) is 0 Å². The normalized spacial score (nSPS) is 11.5. The second kappa shape index (κ2) is 28.7. The summed E-state index contributed by atoms with van der Waals surface area (Å²) in [6, 6.07) is 158. The number of fused-ring (bicyclic) bond motifs is 8. The smallest absolute Gasteiger partial charge is 0.143 e. The maximum absolute atomic E-state index is 6.91. The molecule has 19 aromatic carbocycles. The highest BCUT2D eigenvalue weighted by molar-refractivity contribution is 6.13. The molecule has 0 unspecified atom stereocenters. The lowest BCUT2D eigenvalue weighted by atomic mass is 9.94. The lowest BCUT2D eigenvalue weighted by Crippen LogP contribution is -2.09. The first-order chi connectivity index (χ1) is 56.4. The third-order valence-electron chi connectivity index (χ3n) is 22.7. The zero-order chi connectivity index (χ0) is 75.4. The van der Waals surface area contributed by atoms with Crippen LogP contribution < -0.4 is 9.80 Å². The molecule has 0 fully saturated rings. The third-order valence-corrected chi connectivity index (χ3v) is 22.7. The minimum Gasteiger partial charge on any atom is -0.456 e. The summed E-state index contributed by atoms with van der Waals surface area (Å²) in [6.07, 6.45) is 0. The summed E-state index contributed by atoms with van der Waals surface area (Å²) in [4.78, 5) is 4.68. The van der Waals surface area contributed by atoms with Crippen molar-refractivity contribution in [2.45, 2.75) is 0 Å². The van der Waals surface area contributed by atoms with E-state index in [0.717, 1.165) is 161 Å². The van der Waals surface area contributed by atoms with Gasteiger partial charge in [0.05, 0.1) is 0 Å². The summed E-state index contributed by atoms with van der Waals surface area (Å²) in [7, 11) is 0. The van der Waals surface area contributed by atoms with Gasteiger partial charge in [-0.3, -0.25) is 0 Å². The van der Waals surface area contributed by atoms with Gasteiger partial charge in [0.1, 0.15) is 22.3 Å². The van der Waals surface area contributed by atoms with Crippen molar-refractivity contribution < 1.29 is 8.83 Å². The predicted molar refractivity (Wildman–Crippen MR) is 480 cm³/mol. The van der Waals surface area contributed by atoms with Crippen molar-refractivity contribution in [3.05, 3.63) is 437 Å². The van der Waals surface area contributed by atoms with Crippen LogP contribution in [0.2, 0.25) is 0 Å². The van der Waals surface area contributed by atoms with Gasteiger partial charge in [-0.25, -0.2) is 0 Å². The Kier molecular flexibility index (Phi) is 16.9. The topological polar surface area (TPSA) is 32.8 Å². The first kappa shape index (κ1) is 67.0. The van der Waals surface area contributed by atoms with E-state index in [0.29, 0.717) is 0 Å². The SMILES string of the molecule is c1ccc(-c2ccc(N(c3ccc(-c4cccc(-c5ccc6ccc(-c7cccc(-c8ccc(N(c9ccc(-c%10cccc(-c%11ccc%12ccccc%12c%11)c%10)cc9)c9ccc(-c%10cccc%11c%10oc%10c(-c%12ccccc%12)cccc%10%11)cc9)cc8)c7)cc6c5)c4)cc3)c3ccc4c(c3)oc3cc(-c5ccccc5)ccc34)cc2)cc1. The highest BCUT2D eigenvalue weighted by Crippen LogP contribution is 2.46. The molecule has 0 N–H and O–H groups in total. The summed E-state index contributed by atoms with van der Waals surface area (Å²) in [6.45, 7) is 0. The molecule has 2 aromatic heterocycles. The Morgan fingerprint density at radius 3 is 0.868 bits per heavy atom. The number of nitrogens with zero attached hydrogens (tertiary/aromatic N) is 2. The first-order valence-electron chi connectivity index (χ1n) is 39.0. The molecule has 0 aliphatic rings. The van der Waals surface area contributed by atoms with Gasteiger partial charge in [0.15, 0.2) is 0 Å². The molecular weight excluding hydrogens is 1380 g/mol. The standard InChI is InChI=1S/C110H72N2O2/c1-4-17-73(18-5-1)76-41-52-98(53-42-76)112(100-62-64-104-103-63-51-93(74-19-6-2-7-20-74)71-107(103)113-108(104)72-100)99-58-47-79(48-59-99)86-27-14-30-89(67-86)92-40-37-80-36-39-91(69-94(80)70-92)88-29-13-26-85(66-88)78-45-56-96(57-46-78)111(95-54-43-77(44-55-95)84-25-12-28-87(65-84)90-38-35-75-21-10-11-24-83(75)68-90)97-60-49-82(50-61-97)102-32-16-34-106-105-33-15-31-101(109(105)114-110(102)106)81-22-8-3-9-23-81/h1-72H. The molecule has 0 radical (unpaired) electrons. The molecule has 114 heavy (non-hydrogen) atoms. The number of hydrogen-bond donors (Lipinski definition) is 0. The van der Waals surface area contributed by atoms with Crippen LogP contribution in [0.1, 0.15) is 0 Å². The van der Waals surface area contributed by atoms with E-state index in [4.69, 9.17) is 8.83 Å². The Labute approximate surface area is 661 Å². The van der Waals surface area contributed by atoms with Crippen molar-refractivity contribution >= 4 is 99.5 Å². The van der Waals surface area contributed by atoms with E-state index in [2.05, 4.69) is 447 Å². The summed E-state index contributed by atoms with van der Waals surface area (Å²) < 4.78 is 13.6. The van der Waals surface area contributed by atoms with Gasteiger partial charge in [-0.1, -0.05) is 309 Å². The molecule has 0 bridgehead atoms. The minimum atomic E-state index is 0.844. The van der Waals surface area contributed by atoms with Crippen LogP contribution in [0.25, 0.3) is 177 Å². The fraction of sp³-hybridized carbons (Fsp3) is 0. The van der Waals surface area contributed by atoms with E-state index >= 15 is 0 Å². The van der Waals surface area contributed by atoms with Gasteiger partial charge in [0.2, 0.25) is 0 Å². The quantitative estimate of drug-likeness (QED) is 0.0965. The number of rotatable bonds is 16. The van der Waals surface area contributed by atoms with Crippen LogP contribution >= 0.6 is 0 Å². The average molecular weight is 1450 g/mol. The largest absolute Gasteiger partial charge is 0.456 e. The van der Waals surface area contributed by atoms with E-state index in [-0.39, 0.29) is 0 Å². The van der Waals surface area contributed by atoms with E-state index in [1.165, 1.54) is 49.4 Å². The van der Waals surface area contributed by atoms with Crippen LogP contribution in [-0.2, 0) is 0 Å². The van der Waals surface area contributed by atoms with Crippen molar-refractivity contribution in [1.29, 1.82) is 0 Å². The molecule has 0 spiro atoms. The highest BCUT2D eigenvalue weighted by Gasteiger charge is 2.22. The summed E-state index contributed by atoms with van der Waals surface area (Å²) in [5.41, 5.74) is 32.6. The number of benzene rings is 19. The van der Waals surface area contributed by atoms with Gasteiger partial charge >= 0.3 is 0 Å². The highest BCUT2D eigenvalue weighted by atomic mass is 16.3. The van der Waals surface area contributed by atoms with E-state index in [1.54, 1.807) is 0 Å². The molecule has 0 aliphatic carbocycles. The lowest BCUT2D eigenvalue weighted by Gasteiger charge is -2.26. The number of para-hydroxylation sites is 2. The Morgan fingerprint density at radius 2 is 0.412 bits per heavy atom. The van der Waals surface area contributed by atoms with E-state index < -0.39 is 0 Å². The average Bonchev–Trinajstić information content (AvgIpc) is 1.62. The van der Waals surface area contributed by atoms with Crippen LogP contribution in [-0.4, -0.2) is 0 Å². The molecule has 0 saturated carbocycles. The third kappa shape index (κ3) is 12.7. The zero-order valence-electron chi connectivity index (χ0n) is 62.3. The molecule has 0 aliphatic heterocycles. The van der Waals surface area contributed by atoms with Gasteiger partial charge in [-0.05, 0) is 243 Å². The van der Waals surface area contributed by atoms with E-state index in [1.807, 2.05) is 0 Å². The monoisotopic (exact) mass is 1450 g/mol. The summed E-state index contributed by atoms with van der Waals surface area (Å²) in [5, 5.41) is 9.25. The van der Waals surface area contributed by atoms with Crippen molar-refractivity contribution in [3.63, 3.8) is 0 Å². The van der Waals surface area contributed by atoms with Crippen LogP contribution in [0.5, 0.6) is 0 Å². The van der Waals surface area contributed by atoms with Gasteiger partial charge in [0, 0.05) is 72.9 Å². The minimum absolute atomic E-state index is 0.844. The summed E-state index contributed by atoms with van der Waals surface area (Å²) in [5.74, 6) is 0. The Balaban J connectivity index is 0.565. The number of furan rings is 2. The fourth-order valence-electron chi connectivity index (χ4n) is 16.7. The molecule has 2 heterocycles. The molecule has 534 valence electrons. The van der Waals surface area contributed by atoms with Crippen molar-refractivity contribution in [1.82, 2.24) is 0 Å². The Bertz CT molecular complexity index is 7170. The second-order valence-corrected chi connectivity index (χ2v) is 29.5. The van der Waals surface area contributed by atoms with Gasteiger partial charge < -0.3 is 18.6 Å². The molecule has 0 amide bonds. The maximum Gasteiger partial charge on any atom is 0.143 e. The second-order valence-electron chi connectivity index (χ2n) is 29.5. The molecule has 21 rings (SSSR count). The van der Waals surface area contributed by atoms with Crippen molar-refractivity contribution in [2.24, 2.45) is 0 Å². The number of hydrogen-bond acceptors (Lipinski definition) is 4. The predicted octanol–water partition coefficient (Wildman–Crippen LogP) is 31.4. The summed E-state index contributed by atoms with van der Waals surface area (Å²) >= 11 is 0. The van der Waals surface area contributed by atoms with Crippen LogP contribution in [0, 0.1) is 0 Å².